The topological polar surface area (TPSA) is 98.7 Å². The molecule has 1 aromatic rings. The van der Waals surface area contributed by atoms with E-state index in [1.165, 1.54) is 12.1 Å². The van der Waals surface area contributed by atoms with Gasteiger partial charge in [-0.05, 0) is 13.0 Å². The summed E-state index contributed by atoms with van der Waals surface area (Å²) < 4.78 is 5.48. The lowest BCUT2D eigenvalue weighted by Crippen LogP contribution is -2.51. The third-order valence-corrected chi connectivity index (χ3v) is 3.97. The number of amides is 1. The van der Waals surface area contributed by atoms with Crippen LogP contribution in [0.4, 0.5) is 5.00 Å². The van der Waals surface area contributed by atoms with Gasteiger partial charge in [0.25, 0.3) is 5.91 Å². The molecule has 2 heterocycles. The van der Waals surface area contributed by atoms with E-state index in [0.717, 1.165) is 11.3 Å². The van der Waals surface area contributed by atoms with Gasteiger partial charge in [0.1, 0.15) is 0 Å². The van der Waals surface area contributed by atoms with E-state index in [2.05, 4.69) is 0 Å². The Bertz CT molecular complexity index is 488. The molecule has 0 spiro atoms. The molecule has 2 rings (SSSR count). The average Bonchev–Trinajstić information content (AvgIpc) is 2.87. The van der Waals surface area contributed by atoms with Crippen LogP contribution in [0.25, 0.3) is 0 Å². The van der Waals surface area contributed by atoms with E-state index < -0.39 is 4.92 Å². The summed E-state index contributed by atoms with van der Waals surface area (Å²) in [4.78, 5) is 24.3. The average molecular weight is 285 g/mol. The molecule has 2 unspecified atom stereocenters. The Morgan fingerprint density at radius 1 is 1.68 bits per heavy atom. The van der Waals surface area contributed by atoms with Gasteiger partial charge in [-0.1, -0.05) is 11.3 Å². The highest BCUT2D eigenvalue weighted by Gasteiger charge is 2.28. The first-order chi connectivity index (χ1) is 8.99. The molecule has 8 heteroatoms. The second-order valence-corrected chi connectivity index (χ2v) is 5.48. The fourth-order valence-corrected chi connectivity index (χ4v) is 2.66. The van der Waals surface area contributed by atoms with Crippen molar-refractivity contribution in [3.05, 3.63) is 27.1 Å². The molecule has 2 N–H and O–H groups in total. The maximum Gasteiger partial charge on any atom is 0.324 e. The number of thiophene rings is 1. The number of nitrogens with two attached hydrogens (primary N) is 1. The van der Waals surface area contributed by atoms with Crippen LogP contribution >= 0.6 is 11.3 Å². The minimum absolute atomic E-state index is 0.0275. The van der Waals surface area contributed by atoms with E-state index in [-0.39, 0.29) is 23.1 Å². The highest BCUT2D eigenvalue weighted by atomic mass is 32.1. The second kappa shape index (κ2) is 5.64. The van der Waals surface area contributed by atoms with E-state index in [4.69, 9.17) is 10.5 Å². The summed E-state index contributed by atoms with van der Waals surface area (Å²) in [7, 11) is 0. The van der Waals surface area contributed by atoms with Crippen LogP contribution < -0.4 is 5.73 Å². The molecule has 1 aliphatic rings. The third kappa shape index (κ3) is 3.09. The number of carbonyl (C=O) groups excluding carboxylic acids is 1. The van der Waals surface area contributed by atoms with E-state index in [1.54, 1.807) is 4.90 Å². The predicted molar refractivity (Wildman–Crippen MR) is 70.3 cm³/mol. The van der Waals surface area contributed by atoms with Gasteiger partial charge in [-0.2, -0.15) is 0 Å². The summed E-state index contributed by atoms with van der Waals surface area (Å²) in [6, 6.07) is 2.68. The standard InChI is InChI=1S/C11H15N3O4S/c1-7(12)8-6-13(4-5-18-8)11(15)9-2-3-10(19-9)14(16)17/h2-3,7-8H,4-6,12H2,1H3. The van der Waals surface area contributed by atoms with E-state index >= 15 is 0 Å². The first-order valence-corrected chi connectivity index (χ1v) is 6.71. The van der Waals surface area contributed by atoms with Gasteiger partial charge in [-0.3, -0.25) is 14.9 Å². The molecule has 1 saturated heterocycles. The van der Waals surface area contributed by atoms with Gasteiger partial charge in [0, 0.05) is 25.2 Å². The first-order valence-electron chi connectivity index (χ1n) is 5.89. The molecule has 0 aliphatic carbocycles. The Hall–Kier alpha value is -1.51. The Morgan fingerprint density at radius 2 is 2.42 bits per heavy atom. The number of carbonyl (C=O) groups is 1. The van der Waals surface area contributed by atoms with Crippen LogP contribution in [-0.2, 0) is 4.74 Å². The second-order valence-electron chi connectivity index (χ2n) is 4.41. The zero-order chi connectivity index (χ0) is 14.0. The van der Waals surface area contributed by atoms with Gasteiger partial charge < -0.3 is 15.4 Å². The lowest BCUT2D eigenvalue weighted by atomic mass is 10.1. The van der Waals surface area contributed by atoms with Crippen LogP contribution in [0.5, 0.6) is 0 Å². The minimum atomic E-state index is -0.495. The number of hydrogen-bond donors (Lipinski definition) is 1. The van der Waals surface area contributed by atoms with E-state index in [1.807, 2.05) is 6.92 Å². The molecule has 1 amide bonds. The van der Waals surface area contributed by atoms with Gasteiger partial charge in [0.05, 0.1) is 22.5 Å². The lowest BCUT2D eigenvalue weighted by Gasteiger charge is -2.34. The highest BCUT2D eigenvalue weighted by Crippen LogP contribution is 2.25. The van der Waals surface area contributed by atoms with E-state index in [9.17, 15) is 14.9 Å². The summed E-state index contributed by atoms with van der Waals surface area (Å²) in [5.74, 6) is -0.202. The zero-order valence-electron chi connectivity index (χ0n) is 10.4. The van der Waals surface area contributed by atoms with Gasteiger partial charge in [0.15, 0.2) is 0 Å². The van der Waals surface area contributed by atoms with Crippen molar-refractivity contribution in [3.8, 4) is 0 Å². The molecule has 104 valence electrons. The maximum absolute atomic E-state index is 12.2. The van der Waals surface area contributed by atoms with Crippen LogP contribution in [-0.4, -0.2) is 47.6 Å². The van der Waals surface area contributed by atoms with E-state index in [0.29, 0.717) is 24.6 Å². The van der Waals surface area contributed by atoms with Crippen molar-refractivity contribution in [1.82, 2.24) is 4.90 Å². The van der Waals surface area contributed by atoms with Crippen molar-refractivity contribution in [1.29, 1.82) is 0 Å². The molecule has 1 aliphatic heterocycles. The van der Waals surface area contributed by atoms with Crippen molar-refractivity contribution in [3.63, 3.8) is 0 Å². The summed E-state index contributed by atoms with van der Waals surface area (Å²) in [5, 5.41) is 10.6. The molecule has 0 bridgehead atoms. The van der Waals surface area contributed by atoms with Crippen LogP contribution in [0, 0.1) is 10.1 Å². The Kier molecular flexibility index (Phi) is 4.13. The van der Waals surface area contributed by atoms with Crippen LogP contribution in [0.1, 0.15) is 16.6 Å². The van der Waals surface area contributed by atoms with Crippen molar-refractivity contribution >= 4 is 22.2 Å². The lowest BCUT2D eigenvalue weighted by molar-refractivity contribution is -0.380. The molecule has 0 radical (unpaired) electrons. The molecule has 0 aromatic carbocycles. The largest absolute Gasteiger partial charge is 0.373 e. The number of ether oxygens (including phenoxy) is 1. The number of morpholine rings is 1. The third-order valence-electron chi connectivity index (χ3n) is 2.95. The molecule has 1 aromatic heterocycles. The predicted octanol–water partition coefficient (Wildman–Crippen LogP) is 0.845. The summed E-state index contributed by atoms with van der Waals surface area (Å²) in [5.41, 5.74) is 5.76. The minimum Gasteiger partial charge on any atom is -0.373 e. The Labute approximate surface area is 114 Å². The van der Waals surface area contributed by atoms with Gasteiger partial charge in [0.2, 0.25) is 0 Å². The summed E-state index contributed by atoms with van der Waals surface area (Å²) in [6.07, 6.45) is -0.187. The van der Waals surface area contributed by atoms with Gasteiger partial charge >= 0.3 is 5.00 Å². The normalized spacial score (nSPS) is 21.2. The Balaban J connectivity index is 2.08. The zero-order valence-corrected chi connectivity index (χ0v) is 11.3. The highest BCUT2D eigenvalue weighted by molar-refractivity contribution is 7.17. The molecule has 0 saturated carbocycles. The van der Waals surface area contributed by atoms with Crippen molar-refractivity contribution in [2.24, 2.45) is 5.73 Å². The molecular formula is C11H15N3O4S. The monoisotopic (exact) mass is 285 g/mol. The number of nitrogens with zero attached hydrogens (tertiary/aromatic N) is 2. The molecular weight excluding hydrogens is 270 g/mol. The summed E-state index contributed by atoms with van der Waals surface area (Å²) >= 11 is 0.890. The van der Waals surface area contributed by atoms with Crippen molar-refractivity contribution in [2.45, 2.75) is 19.1 Å². The SMILES string of the molecule is CC(N)C1CN(C(=O)c2ccc([N+](=O)[O-])s2)CCO1. The fourth-order valence-electron chi connectivity index (χ4n) is 1.87. The molecule has 7 nitrogen and oxygen atoms in total. The number of hydrogen-bond acceptors (Lipinski definition) is 6. The summed E-state index contributed by atoms with van der Waals surface area (Å²) in [6.45, 7) is 3.16. The molecule has 2 atom stereocenters. The first kappa shape index (κ1) is 13.9. The molecule has 1 fully saturated rings. The fraction of sp³-hybridized carbons (Fsp3) is 0.545. The van der Waals surface area contributed by atoms with Crippen LogP contribution in [0.15, 0.2) is 12.1 Å². The van der Waals surface area contributed by atoms with Gasteiger partial charge in [-0.15, -0.1) is 0 Å². The van der Waals surface area contributed by atoms with Gasteiger partial charge in [-0.25, -0.2) is 0 Å². The van der Waals surface area contributed by atoms with Crippen LogP contribution in [0.2, 0.25) is 0 Å². The Morgan fingerprint density at radius 3 is 3.00 bits per heavy atom. The number of nitro groups is 1. The number of rotatable bonds is 3. The van der Waals surface area contributed by atoms with Crippen LogP contribution in [0.3, 0.4) is 0 Å². The van der Waals surface area contributed by atoms with Crippen molar-refractivity contribution in [2.75, 3.05) is 19.7 Å². The van der Waals surface area contributed by atoms with Crippen molar-refractivity contribution < 1.29 is 14.5 Å². The smallest absolute Gasteiger partial charge is 0.324 e. The maximum atomic E-state index is 12.2. The molecule has 19 heavy (non-hydrogen) atoms. The quantitative estimate of drug-likeness (QED) is 0.655.